The second-order valence-electron chi connectivity index (χ2n) is 5.37. The van der Waals surface area contributed by atoms with Gasteiger partial charge in [0.25, 0.3) is 5.91 Å². The second kappa shape index (κ2) is 5.79. The normalized spacial score (nSPS) is 17.5. The van der Waals surface area contributed by atoms with Gasteiger partial charge in [0, 0.05) is 6.54 Å². The van der Waals surface area contributed by atoms with Crippen molar-refractivity contribution in [3.05, 3.63) is 41.7 Å². The third-order valence-corrected chi connectivity index (χ3v) is 3.83. The molecule has 7 nitrogen and oxygen atoms in total. The van der Waals surface area contributed by atoms with E-state index in [4.69, 9.17) is 5.11 Å². The maximum absolute atomic E-state index is 13.0. The van der Waals surface area contributed by atoms with Gasteiger partial charge in [-0.15, -0.1) is 5.10 Å². The first-order chi connectivity index (χ1) is 11.0. The zero-order chi connectivity index (χ0) is 16.6. The Morgan fingerprint density at radius 1 is 1.30 bits per heavy atom. The first-order valence-electron chi connectivity index (χ1n) is 7.21. The highest BCUT2D eigenvalue weighted by Gasteiger charge is 2.36. The van der Waals surface area contributed by atoms with Crippen molar-refractivity contribution in [2.24, 2.45) is 0 Å². The molecule has 0 saturated carbocycles. The molecule has 3 rings (SSSR count). The lowest BCUT2D eigenvalue weighted by Gasteiger charge is -2.19. The third kappa shape index (κ3) is 2.79. The Hall–Kier alpha value is -2.77. The summed E-state index contributed by atoms with van der Waals surface area (Å²) in [5.74, 6) is -1.49. The summed E-state index contributed by atoms with van der Waals surface area (Å²) < 4.78 is 14.4. The molecule has 1 atom stereocenters. The maximum Gasteiger partial charge on any atom is 0.326 e. The van der Waals surface area contributed by atoms with E-state index in [2.05, 4.69) is 10.1 Å². The lowest BCUT2D eigenvalue weighted by atomic mass is 10.2. The topological polar surface area (TPSA) is 88.3 Å². The van der Waals surface area contributed by atoms with Gasteiger partial charge in [0.15, 0.2) is 0 Å². The molecule has 1 saturated heterocycles. The van der Waals surface area contributed by atoms with Crippen molar-refractivity contribution >= 4 is 11.9 Å². The summed E-state index contributed by atoms with van der Waals surface area (Å²) in [6, 6.07) is 4.81. The highest BCUT2D eigenvalue weighted by Crippen LogP contribution is 2.20. The Balaban J connectivity index is 1.90. The molecule has 1 aliphatic rings. The van der Waals surface area contributed by atoms with E-state index in [1.165, 1.54) is 33.8 Å². The van der Waals surface area contributed by atoms with Crippen LogP contribution in [0.2, 0.25) is 0 Å². The van der Waals surface area contributed by atoms with E-state index < -0.39 is 17.9 Å². The molecule has 1 unspecified atom stereocenters. The van der Waals surface area contributed by atoms with Gasteiger partial charge in [0.1, 0.15) is 17.7 Å². The van der Waals surface area contributed by atoms with Crippen LogP contribution in [0.5, 0.6) is 0 Å². The summed E-state index contributed by atoms with van der Waals surface area (Å²) in [4.78, 5) is 29.1. The van der Waals surface area contributed by atoms with Crippen molar-refractivity contribution in [2.45, 2.75) is 25.8 Å². The first-order valence-corrected chi connectivity index (χ1v) is 7.21. The van der Waals surface area contributed by atoms with Crippen molar-refractivity contribution in [1.29, 1.82) is 0 Å². The van der Waals surface area contributed by atoms with Crippen LogP contribution in [-0.4, -0.2) is 49.2 Å². The van der Waals surface area contributed by atoms with Gasteiger partial charge >= 0.3 is 5.97 Å². The minimum atomic E-state index is -1.02. The minimum absolute atomic E-state index is 0.0556. The van der Waals surface area contributed by atoms with E-state index in [1.807, 2.05) is 0 Å². The van der Waals surface area contributed by atoms with Crippen molar-refractivity contribution in [3.8, 4) is 5.69 Å². The number of rotatable bonds is 3. The summed E-state index contributed by atoms with van der Waals surface area (Å²) in [6.45, 7) is 2.05. The van der Waals surface area contributed by atoms with Crippen LogP contribution in [0.3, 0.4) is 0 Å². The van der Waals surface area contributed by atoms with E-state index in [0.717, 1.165) is 0 Å². The predicted octanol–water partition coefficient (Wildman–Crippen LogP) is 1.40. The molecule has 1 amide bonds. The summed E-state index contributed by atoms with van der Waals surface area (Å²) in [6.07, 6.45) is 1.07. The number of likely N-dealkylation sites (tertiary alicyclic amines) is 1. The van der Waals surface area contributed by atoms with Gasteiger partial charge in [0.2, 0.25) is 5.82 Å². The molecule has 1 N–H and O–H groups in total. The molecule has 1 aromatic carbocycles. The molecule has 0 bridgehead atoms. The van der Waals surface area contributed by atoms with E-state index in [0.29, 0.717) is 30.9 Å². The number of halogens is 1. The SMILES string of the molecule is Cc1nc(C(=O)N2CCCC2C(=O)O)nn1-c1ccc(F)cc1. The maximum atomic E-state index is 13.0. The van der Waals surface area contributed by atoms with Gasteiger partial charge in [-0.25, -0.2) is 18.9 Å². The van der Waals surface area contributed by atoms with Gasteiger partial charge in [-0.1, -0.05) is 0 Å². The summed E-state index contributed by atoms with van der Waals surface area (Å²) in [5, 5.41) is 13.3. The standard InChI is InChI=1S/C15H15FN4O3/c1-9-17-13(14(21)19-8-2-3-12(19)15(22)23)18-20(9)11-6-4-10(16)5-7-11/h4-7,12H,2-3,8H2,1H3,(H,22,23). The summed E-state index contributed by atoms with van der Waals surface area (Å²) in [5.41, 5.74) is 0.576. The van der Waals surface area contributed by atoms with E-state index in [9.17, 15) is 14.0 Å². The van der Waals surface area contributed by atoms with Crippen molar-refractivity contribution in [1.82, 2.24) is 19.7 Å². The molecule has 0 aliphatic carbocycles. The molecular weight excluding hydrogens is 303 g/mol. The van der Waals surface area contributed by atoms with Crippen LogP contribution in [0.25, 0.3) is 5.69 Å². The van der Waals surface area contributed by atoms with Crippen LogP contribution in [0.15, 0.2) is 24.3 Å². The molecule has 1 aliphatic heterocycles. The number of carboxylic acid groups (broad SMARTS) is 1. The highest BCUT2D eigenvalue weighted by molar-refractivity contribution is 5.93. The number of carbonyl (C=O) groups is 2. The van der Waals surface area contributed by atoms with Crippen LogP contribution in [0, 0.1) is 12.7 Å². The Morgan fingerprint density at radius 3 is 2.65 bits per heavy atom. The average Bonchev–Trinajstić information content (AvgIpc) is 3.14. The van der Waals surface area contributed by atoms with E-state index >= 15 is 0 Å². The molecule has 2 aromatic rings. The molecule has 0 spiro atoms. The number of hydrogen-bond acceptors (Lipinski definition) is 4. The number of nitrogens with zero attached hydrogens (tertiary/aromatic N) is 4. The number of benzene rings is 1. The molecule has 2 heterocycles. The number of hydrogen-bond donors (Lipinski definition) is 1. The number of aromatic nitrogens is 3. The van der Waals surface area contributed by atoms with Gasteiger partial charge in [-0.3, -0.25) is 4.79 Å². The zero-order valence-electron chi connectivity index (χ0n) is 12.4. The van der Waals surface area contributed by atoms with E-state index in [1.54, 1.807) is 6.92 Å². The van der Waals surface area contributed by atoms with Crippen LogP contribution >= 0.6 is 0 Å². The van der Waals surface area contributed by atoms with Gasteiger partial charge in [-0.2, -0.15) is 0 Å². The Kier molecular flexibility index (Phi) is 3.81. The summed E-state index contributed by atoms with van der Waals surface area (Å²) >= 11 is 0. The quantitative estimate of drug-likeness (QED) is 0.924. The Labute approximate surface area is 131 Å². The summed E-state index contributed by atoms with van der Waals surface area (Å²) in [7, 11) is 0. The number of amides is 1. The lowest BCUT2D eigenvalue weighted by molar-refractivity contribution is -0.141. The monoisotopic (exact) mass is 318 g/mol. The van der Waals surface area contributed by atoms with Crippen molar-refractivity contribution < 1.29 is 19.1 Å². The predicted molar refractivity (Wildman–Crippen MR) is 77.7 cm³/mol. The molecule has 120 valence electrons. The number of aliphatic carboxylic acids is 1. The van der Waals surface area contributed by atoms with E-state index in [-0.39, 0.29) is 11.6 Å². The second-order valence-corrected chi connectivity index (χ2v) is 5.37. The minimum Gasteiger partial charge on any atom is -0.480 e. The lowest BCUT2D eigenvalue weighted by Crippen LogP contribution is -2.40. The number of carbonyl (C=O) groups excluding carboxylic acids is 1. The van der Waals surface area contributed by atoms with Crippen LogP contribution < -0.4 is 0 Å². The fraction of sp³-hybridized carbons (Fsp3) is 0.333. The Bertz CT molecular complexity index is 757. The fourth-order valence-corrected chi connectivity index (χ4v) is 2.70. The Morgan fingerprint density at radius 2 is 2.00 bits per heavy atom. The molecule has 1 aromatic heterocycles. The van der Waals surface area contributed by atoms with Crippen LogP contribution in [0.1, 0.15) is 29.3 Å². The van der Waals surface area contributed by atoms with Crippen LogP contribution in [-0.2, 0) is 4.79 Å². The smallest absolute Gasteiger partial charge is 0.326 e. The van der Waals surface area contributed by atoms with Crippen molar-refractivity contribution in [2.75, 3.05) is 6.54 Å². The van der Waals surface area contributed by atoms with Crippen LogP contribution in [0.4, 0.5) is 4.39 Å². The highest BCUT2D eigenvalue weighted by atomic mass is 19.1. The number of aryl methyl sites for hydroxylation is 1. The fourth-order valence-electron chi connectivity index (χ4n) is 2.70. The van der Waals surface area contributed by atoms with Gasteiger partial charge in [-0.05, 0) is 44.0 Å². The third-order valence-electron chi connectivity index (χ3n) is 3.83. The molecule has 8 heteroatoms. The molecule has 1 fully saturated rings. The van der Waals surface area contributed by atoms with Crippen molar-refractivity contribution in [3.63, 3.8) is 0 Å². The average molecular weight is 318 g/mol. The zero-order valence-corrected chi connectivity index (χ0v) is 12.4. The van der Waals surface area contributed by atoms with Gasteiger partial charge < -0.3 is 10.0 Å². The van der Waals surface area contributed by atoms with Gasteiger partial charge in [0.05, 0.1) is 5.69 Å². The molecule has 0 radical (unpaired) electrons. The largest absolute Gasteiger partial charge is 0.480 e. The molecule has 23 heavy (non-hydrogen) atoms. The molecular formula is C15H15FN4O3. The first kappa shape index (κ1) is 15.1. The number of carboxylic acids is 1.